The SMILES string of the molecule is O=C(Cn1c(SCc2ccc(F)cc2)nc2cccnc21)Nc1cccc(C(F)(F)F)c1. The second-order valence-corrected chi connectivity index (χ2v) is 7.81. The molecule has 164 valence electrons. The number of alkyl halides is 3. The van der Waals surface area contributed by atoms with Crippen LogP contribution >= 0.6 is 11.8 Å². The Morgan fingerprint density at radius 3 is 2.59 bits per heavy atom. The Kier molecular flexibility index (Phi) is 6.13. The number of pyridine rings is 1. The Labute approximate surface area is 184 Å². The number of carbonyl (C=O) groups excluding carboxylic acids is 1. The quantitative estimate of drug-likeness (QED) is 0.304. The van der Waals surface area contributed by atoms with E-state index >= 15 is 0 Å². The van der Waals surface area contributed by atoms with Crippen LogP contribution in [0.5, 0.6) is 0 Å². The predicted molar refractivity (Wildman–Crippen MR) is 114 cm³/mol. The van der Waals surface area contributed by atoms with Crippen molar-refractivity contribution in [2.75, 3.05) is 5.32 Å². The topological polar surface area (TPSA) is 59.8 Å². The Bertz CT molecular complexity index is 1260. The first-order valence-corrected chi connectivity index (χ1v) is 10.4. The zero-order chi connectivity index (χ0) is 22.7. The van der Waals surface area contributed by atoms with Gasteiger partial charge in [0.1, 0.15) is 17.9 Å². The van der Waals surface area contributed by atoms with E-state index in [9.17, 15) is 22.4 Å². The molecule has 32 heavy (non-hydrogen) atoms. The van der Waals surface area contributed by atoms with Gasteiger partial charge in [0, 0.05) is 17.6 Å². The summed E-state index contributed by atoms with van der Waals surface area (Å²) in [6, 6.07) is 14.0. The molecule has 0 unspecified atom stereocenters. The summed E-state index contributed by atoms with van der Waals surface area (Å²) >= 11 is 1.35. The number of benzene rings is 2. The van der Waals surface area contributed by atoms with Gasteiger partial charge in [0.2, 0.25) is 5.91 Å². The number of fused-ring (bicyclic) bond motifs is 1. The van der Waals surface area contributed by atoms with Crippen molar-refractivity contribution in [2.24, 2.45) is 0 Å². The van der Waals surface area contributed by atoms with Crippen LogP contribution < -0.4 is 5.32 Å². The third kappa shape index (κ3) is 5.08. The normalized spacial score (nSPS) is 11.6. The summed E-state index contributed by atoms with van der Waals surface area (Å²) < 4.78 is 53.5. The zero-order valence-electron chi connectivity index (χ0n) is 16.4. The van der Waals surface area contributed by atoms with Crippen LogP contribution in [0.15, 0.2) is 72.0 Å². The van der Waals surface area contributed by atoms with Crippen molar-refractivity contribution in [3.63, 3.8) is 0 Å². The molecule has 0 radical (unpaired) electrons. The fraction of sp³-hybridized carbons (Fsp3) is 0.136. The average molecular weight is 460 g/mol. The maximum Gasteiger partial charge on any atom is 0.416 e. The molecule has 0 spiro atoms. The van der Waals surface area contributed by atoms with Crippen molar-refractivity contribution in [3.8, 4) is 0 Å². The van der Waals surface area contributed by atoms with E-state index in [0.29, 0.717) is 22.1 Å². The summed E-state index contributed by atoms with van der Waals surface area (Å²) in [6.45, 7) is -0.185. The van der Waals surface area contributed by atoms with Gasteiger partial charge in [-0.3, -0.25) is 9.36 Å². The van der Waals surface area contributed by atoms with E-state index in [1.165, 1.54) is 36.0 Å². The van der Waals surface area contributed by atoms with Gasteiger partial charge in [-0.15, -0.1) is 0 Å². The number of nitrogens with one attached hydrogen (secondary N) is 1. The molecule has 0 aliphatic carbocycles. The second-order valence-electron chi connectivity index (χ2n) is 6.87. The minimum absolute atomic E-state index is 0.0442. The summed E-state index contributed by atoms with van der Waals surface area (Å²) in [5.41, 5.74) is 1.13. The van der Waals surface area contributed by atoms with Crippen LogP contribution in [0.2, 0.25) is 0 Å². The lowest BCUT2D eigenvalue weighted by Gasteiger charge is -2.11. The van der Waals surface area contributed by atoms with Crippen LogP contribution in [0.1, 0.15) is 11.1 Å². The van der Waals surface area contributed by atoms with Crippen LogP contribution in [0.3, 0.4) is 0 Å². The van der Waals surface area contributed by atoms with Crippen molar-refractivity contribution < 1.29 is 22.4 Å². The number of halogens is 4. The van der Waals surface area contributed by atoms with Gasteiger partial charge in [-0.05, 0) is 48.0 Å². The molecule has 0 atom stereocenters. The van der Waals surface area contributed by atoms with Crippen molar-refractivity contribution in [3.05, 3.63) is 83.8 Å². The van der Waals surface area contributed by atoms with Gasteiger partial charge in [-0.2, -0.15) is 13.2 Å². The first-order chi connectivity index (χ1) is 15.3. The molecule has 0 fully saturated rings. The number of amides is 1. The molecule has 0 saturated heterocycles. The second kappa shape index (κ2) is 8.99. The predicted octanol–water partition coefficient (Wildman–Crippen LogP) is 5.52. The summed E-state index contributed by atoms with van der Waals surface area (Å²) in [4.78, 5) is 21.4. The van der Waals surface area contributed by atoms with Crippen LogP contribution in [0.4, 0.5) is 23.2 Å². The standard InChI is InChI=1S/C22H16F4N4OS/c23-16-8-6-14(7-9-16)13-32-21-29-18-5-2-10-27-20(18)30(21)12-19(31)28-17-4-1-3-15(11-17)22(24,25)26/h1-11H,12-13H2,(H,28,31). The lowest BCUT2D eigenvalue weighted by Crippen LogP contribution is -2.20. The highest BCUT2D eigenvalue weighted by Gasteiger charge is 2.30. The van der Waals surface area contributed by atoms with E-state index in [0.717, 1.165) is 17.7 Å². The first-order valence-electron chi connectivity index (χ1n) is 9.45. The molecular weight excluding hydrogens is 444 g/mol. The van der Waals surface area contributed by atoms with Crippen LogP contribution in [-0.4, -0.2) is 20.4 Å². The van der Waals surface area contributed by atoms with Crippen molar-refractivity contribution in [1.82, 2.24) is 14.5 Å². The van der Waals surface area contributed by atoms with E-state index in [2.05, 4.69) is 15.3 Å². The van der Waals surface area contributed by atoms with Crippen LogP contribution in [0, 0.1) is 5.82 Å². The van der Waals surface area contributed by atoms with E-state index in [4.69, 9.17) is 0 Å². The van der Waals surface area contributed by atoms with Crippen LogP contribution in [-0.2, 0) is 23.3 Å². The molecule has 2 aromatic heterocycles. The smallest absolute Gasteiger partial charge is 0.325 e. The molecule has 1 amide bonds. The molecule has 0 saturated carbocycles. The monoisotopic (exact) mass is 460 g/mol. The number of rotatable bonds is 6. The largest absolute Gasteiger partial charge is 0.416 e. The number of hydrogen-bond acceptors (Lipinski definition) is 4. The number of anilines is 1. The summed E-state index contributed by atoms with van der Waals surface area (Å²) in [5.74, 6) is -0.363. The number of carbonyl (C=O) groups is 1. The van der Waals surface area contributed by atoms with Gasteiger partial charge in [0.15, 0.2) is 10.8 Å². The average Bonchev–Trinajstić information content (AvgIpc) is 3.10. The van der Waals surface area contributed by atoms with Gasteiger partial charge in [-0.25, -0.2) is 14.4 Å². The molecule has 2 aromatic carbocycles. The maximum atomic E-state index is 13.1. The Hall–Kier alpha value is -3.40. The van der Waals surface area contributed by atoms with Gasteiger partial charge in [0.25, 0.3) is 0 Å². The number of thioether (sulfide) groups is 1. The molecule has 4 aromatic rings. The van der Waals surface area contributed by atoms with Crippen molar-refractivity contribution >= 4 is 34.5 Å². The van der Waals surface area contributed by atoms with Gasteiger partial charge < -0.3 is 5.32 Å². The number of hydrogen-bond donors (Lipinski definition) is 1. The Morgan fingerprint density at radius 1 is 1.06 bits per heavy atom. The summed E-state index contributed by atoms with van der Waals surface area (Å²) in [6.07, 6.45) is -2.94. The third-order valence-corrected chi connectivity index (χ3v) is 5.57. The Balaban J connectivity index is 1.54. The van der Waals surface area contributed by atoms with Gasteiger partial charge in [-0.1, -0.05) is 30.0 Å². The minimum Gasteiger partial charge on any atom is -0.325 e. The van der Waals surface area contributed by atoms with Crippen molar-refractivity contribution in [1.29, 1.82) is 0 Å². The van der Waals surface area contributed by atoms with E-state index < -0.39 is 17.6 Å². The number of imidazole rings is 1. The Morgan fingerprint density at radius 2 is 1.84 bits per heavy atom. The van der Waals surface area contributed by atoms with E-state index in [-0.39, 0.29) is 18.0 Å². The molecule has 4 rings (SSSR count). The molecule has 2 heterocycles. The molecule has 1 N–H and O–H groups in total. The summed E-state index contributed by atoms with van der Waals surface area (Å²) in [5, 5.41) is 3.01. The molecule has 10 heteroatoms. The van der Waals surface area contributed by atoms with E-state index in [1.807, 2.05) is 0 Å². The van der Waals surface area contributed by atoms with Gasteiger partial charge in [0.05, 0.1) is 5.56 Å². The van der Waals surface area contributed by atoms with E-state index in [1.54, 1.807) is 35.0 Å². The molecule has 0 aliphatic rings. The first kappa shape index (κ1) is 21.8. The maximum absolute atomic E-state index is 13.1. The molecular formula is C22H16F4N4OS. The summed E-state index contributed by atoms with van der Waals surface area (Å²) in [7, 11) is 0. The minimum atomic E-state index is -4.50. The van der Waals surface area contributed by atoms with Gasteiger partial charge >= 0.3 is 6.18 Å². The molecule has 0 aliphatic heterocycles. The highest BCUT2D eigenvalue weighted by atomic mass is 32.2. The molecule has 5 nitrogen and oxygen atoms in total. The highest BCUT2D eigenvalue weighted by Crippen LogP contribution is 2.31. The lowest BCUT2D eigenvalue weighted by molar-refractivity contribution is -0.137. The number of aromatic nitrogens is 3. The fourth-order valence-electron chi connectivity index (χ4n) is 3.04. The van der Waals surface area contributed by atoms with Crippen molar-refractivity contribution in [2.45, 2.75) is 23.6 Å². The molecule has 0 bridgehead atoms. The van der Waals surface area contributed by atoms with Crippen LogP contribution in [0.25, 0.3) is 11.2 Å². The lowest BCUT2D eigenvalue weighted by atomic mass is 10.2. The number of nitrogens with zero attached hydrogens (tertiary/aromatic N) is 3. The fourth-order valence-corrected chi connectivity index (χ4v) is 3.99. The highest BCUT2D eigenvalue weighted by molar-refractivity contribution is 7.98. The zero-order valence-corrected chi connectivity index (χ0v) is 17.3. The third-order valence-electron chi connectivity index (χ3n) is 4.53.